The molecule has 1 rings (SSSR count). The van der Waals surface area contributed by atoms with E-state index in [2.05, 4.69) is 16.9 Å². The first kappa shape index (κ1) is 10.9. The van der Waals surface area contributed by atoms with E-state index in [4.69, 9.17) is 5.11 Å². The lowest BCUT2D eigenvalue weighted by Crippen LogP contribution is -2.28. The molecule has 1 aromatic rings. The van der Waals surface area contributed by atoms with E-state index in [9.17, 15) is 0 Å². The van der Waals surface area contributed by atoms with Crippen LogP contribution >= 0.6 is 0 Å². The van der Waals surface area contributed by atoms with Crippen molar-refractivity contribution >= 4 is 5.82 Å². The van der Waals surface area contributed by atoms with Crippen molar-refractivity contribution in [3.05, 3.63) is 18.1 Å². The molecule has 0 saturated carbocycles. The summed E-state index contributed by atoms with van der Waals surface area (Å²) in [6.07, 6.45) is 4.53. The van der Waals surface area contributed by atoms with Gasteiger partial charge in [-0.05, 0) is 13.3 Å². The molecule has 0 spiro atoms. The van der Waals surface area contributed by atoms with Crippen LogP contribution in [0.15, 0.2) is 12.4 Å². The number of hydrogen-bond donors (Lipinski definition) is 1. The van der Waals surface area contributed by atoms with Gasteiger partial charge in [-0.3, -0.25) is 4.98 Å². The van der Waals surface area contributed by atoms with Gasteiger partial charge < -0.3 is 10.0 Å². The first-order valence-corrected chi connectivity index (χ1v) is 4.92. The van der Waals surface area contributed by atoms with Crippen LogP contribution in [0.1, 0.15) is 19.0 Å². The van der Waals surface area contributed by atoms with E-state index in [0.29, 0.717) is 6.54 Å². The Morgan fingerprint density at radius 2 is 2.07 bits per heavy atom. The van der Waals surface area contributed by atoms with Gasteiger partial charge in [0.1, 0.15) is 5.82 Å². The Labute approximate surface area is 84.6 Å². The third-order valence-electron chi connectivity index (χ3n) is 1.95. The molecule has 0 bridgehead atoms. The summed E-state index contributed by atoms with van der Waals surface area (Å²) in [4.78, 5) is 10.5. The van der Waals surface area contributed by atoms with Crippen LogP contribution in [0.4, 0.5) is 5.82 Å². The van der Waals surface area contributed by atoms with Gasteiger partial charge in [-0.2, -0.15) is 0 Å². The quantitative estimate of drug-likeness (QED) is 0.761. The highest BCUT2D eigenvalue weighted by Crippen LogP contribution is 2.08. The van der Waals surface area contributed by atoms with Gasteiger partial charge in [-0.15, -0.1) is 0 Å². The molecule has 14 heavy (non-hydrogen) atoms. The SMILES string of the molecule is CCCN(CCO)c1cnc(C)cn1. The van der Waals surface area contributed by atoms with E-state index in [0.717, 1.165) is 24.5 Å². The summed E-state index contributed by atoms with van der Waals surface area (Å²) in [5, 5.41) is 8.89. The monoisotopic (exact) mass is 195 g/mol. The Hall–Kier alpha value is -1.16. The maximum atomic E-state index is 8.89. The predicted octanol–water partition coefficient (Wildman–Crippen LogP) is 0.994. The van der Waals surface area contributed by atoms with Crippen molar-refractivity contribution in [3.8, 4) is 0 Å². The minimum atomic E-state index is 0.148. The normalized spacial score (nSPS) is 10.2. The molecule has 1 N–H and O–H groups in total. The maximum Gasteiger partial charge on any atom is 0.147 e. The van der Waals surface area contributed by atoms with Crippen molar-refractivity contribution in [1.82, 2.24) is 9.97 Å². The topological polar surface area (TPSA) is 49.2 Å². The lowest BCUT2D eigenvalue weighted by molar-refractivity contribution is 0.301. The van der Waals surface area contributed by atoms with Crippen LogP contribution in [0.3, 0.4) is 0 Å². The molecule has 78 valence electrons. The summed E-state index contributed by atoms with van der Waals surface area (Å²) in [6.45, 7) is 5.68. The van der Waals surface area contributed by atoms with E-state index in [-0.39, 0.29) is 6.61 Å². The third-order valence-corrected chi connectivity index (χ3v) is 1.95. The second kappa shape index (κ2) is 5.54. The average Bonchev–Trinajstić information content (AvgIpc) is 2.19. The summed E-state index contributed by atoms with van der Waals surface area (Å²) in [5.74, 6) is 0.839. The van der Waals surface area contributed by atoms with Gasteiger partial charge in [0.2, 0.25) is 0 Å². The molecular weight excluding hydrogens is 178 g/mol. The Bertz CT molecular complexity index is 255. The summed E-state index contributed by atoms with van der Waals surface area (Å²) in [7, 11) is 0. The Morgan fingerprint density at radius 1 is 1.29 bits per heavy atom. The fraction of sp³-hybridized carbons (Fsp3) is 0.600. The van der Waals surface area contributed by atoms with E-state index >= 15 is 0 Å². The molecule has 0 saturated heterocycles. The Morgan fingerprint density at radius 3 is 2.57 bits per heavy atom. The van der Waals surface area contributed by atoms with Crippen LogP contribution in [0.5, 0.6) is 0 Å². The van der Waals surface area contributed by atoms with Crippen LogP contribution in [-0.4, -0.2) is 34.8 Å². The first-order valence-electron chi connectivity index (χ1n) is 4.92. The minimum Gasteiger partial charge on any atom is -0.395 e. The standard InChI is InChI=1S/C10H17N3O/c1-3-4-13(5-6-14)10-8-11-9(2)7-12-10/h7-8,14H,3-6H2,1-2H3. The largest absolute Gasteiger partial charge is 0.395 e. The summed E-state index contributed by atoms with van der Waals surface area (Å²) >= 11 is 0. The molecule has 1 heterocycles. The zero-order chi connectivity index (χ0) is 10.4. The number of aliphatic hydroxyl groups excluding tert-OH is 1. The number of anilines is 1. The molecular formula is C10H17N3O. The average molecular weight is 195 g/mol. The lowest BCUT2D eigenvalue weighted by Gasteiger charge is -2.21. The van der Waals surface area contributed by atoms with E-state index in [1.807, 2.05) is 11.8 Å². The number of aromatic nitrogens is 2. The molecule has 0 aliphatic heterocycles. The fourth-order valence-corrected chi connectivity index (χ4v) is 1.28. The Balaban J connectivity index is 2.71. The van der Waals surface area contributed by atoms with Gasteiger partial charge >= 0.3 is 0 Å². The van der Waals surface area contributed by atoms with Crippen molar-refractivity contribution in [3.63, 3.8) is 0 Å². The third kappa shape index (κ3) is 2.96. The zero-order valence-corrected chi connectivity index (χ0v) is 8.77. The molecule has 0 aliphatic carbocycles. The number of aliphatic hydroxyl groups is 1. The van der Waals surface area contributed by atoms with Crippen LogP contribution in [0.25, 0.3) is 0 Å². The summed E-state index contributed by atoms with van der Waals surface area (Å²) in [5.41, 5.74) is 0.911. The molecule has 0 atom stereocenters. The van der Waals surface area contributed by atoms with Gasteiger partial charge in [0.15, 0.2) is 0 Å². The highest BCUT2D eigenvalue weighted by molar-refractivity contribution is 5.35. The Kier molecular flexibility index (Phi) is 4.32. The number of aryl methyl sites for hydroxylation is 1. The van der Waals surface area contributed by atoms with Crippen molar-refractivity contribution in [2.24, 2.45) is 0 Å². The van der Waals surface area contributed by atoms with Crippen molar-refractivity contribution in [2.45, 2.75) is 20.3 Å². The minimum absolute atomic E-state index is 0.148. The van der Waals surface area contributed by atoms with Crippen LogP contribution in [0.2, 0.25) is 0 Å². The lowest BCUT2D eigenvalue weighted by atomic mass is 10.4. The molecule has 4 nitrogen and oxygen atoms in total. The second-order valence-electron chi connectivity index (χ2n) is 3.23. The van der Waals surface area contributed by atoms with E-state index in [1.54, 1.807) is 12.4 Å². The van der Waals surface area contributed by atoms with Crippen molar-refractivity contribution in [1.29, 1.82) is 0 Å². The molecule has 0 amide bonds. The van der Waals surface area contributed by atoms with Gasteiger partial charge in [0, 0.05) is 13.1 Å². The summed E-state index contributed by atoms with van der Waals surface area (Å²) < 4.78 is 0. The van der Waals surface area contributed by atoms with E-state index < -0.39 is 0 Å². The number of nitrogens with zero attached hydrogens (tertiary/aromatic N) is 3. The van der Waals surface area contributed by atoms with Gasteiger partial charge in [-0.1, -0.05) is 6.92 Å². The van der Waals surface area contributed by atoms with Crippen molar-refractivity contribution in [2.75, 3.05) is 24.6 Å². The van der Waals surface area contributed by atoms with Gasteiger partial charge in [0.05, 0.1) is 24.7 Å². The highest BCUT2D eigenvalue weighted by Gasteiger charge is 2.05. The number of hydrogen-bond acceptors (Lipinski definition) is 4. The molecule has 0 unspecified atom stereocenters. The van der Waals surface area contributed by atoms with Crippen molar-refractivity contribution < 1.29 is 5.11 Å². The van der Waals surface area contributed by atoms with Crippen LogP contribution in [-0.2, 0) is 0 Å². The molecule has 0 radical (unpaired) electrons. The smallest absolute Gasteiger partial charge is 0.147 e. The fourth-order valence-electron chi connectivity index (χ4n) is 1.28. The van der Waals surface area contributed by atoms with Crippen LogP contribution in [0, 0.1) is 6.92 Å². The molecule has 0 aromatic carbocycles. The second-order valence-corrected chi connectivity index (χ2v) is 3.23. The van der Waals surface area contributed by atoms with E-state index in [1.165, 1.54) is 0 Å². The van der Waals surface area contributed by atoms with Crippen LogP contribution < -0.4 is 4.90 Å². The molecule has 4 heteroatoms. The van der Waals surface area contributed by atoms with Gasteiger partial charge in [0.25, 0.3) is 0 Å². The molecule has 0 aliphatic rings. The maximum absolute atomic E-state index is 8.89. The molecule has 1 aromatic heterocycles. The summed E-state index contributed by atoms with van der Waals surface area (Å²) in [6, 6.07) is 0. The zero-order valence-electron chi connectivity index (χ0n) is 8.77. The predicted molar refractivity (Wildman–Crippen MR) is 56.4 cm³/mol. The first-order chi connectivity index (χ1) is 6.77. The van der Waals surface area contributed by atoms with Gasteiger partial charge in [-0.25, -0.2) is 4.98 Å². The molecule has 0 fully saturated rings. The highest BCUT2D eigenvalue weighted by atomic mass is 16.3. The number of rotatable bonds is 5.